The molecule has 0 aliphatic heterocycles. The van der Waals surface area contributed by atoms with Gasteiger partial charge in [0.25, 0.3) is 0 Å². The molecule has 2 unspecified atom stereocenters. The smallest absolute Gasteiger partial charge is 0.0579 e. The minimum Gasteiger partial charge on any atom is -0.376 e. The summed E-state index contributed by atoms with van der Waals surface area (Å²) in [5, 5.41) is 0. The van der Waals surface area contributed by atoms with Crippen molar-refractivity contribution >= 4 is 0 Å². The van der Waals surface area contributed by atoms with Gasteiger partial charge in [0.1, 0.15) is 0 Å². The zero-order valence-corrected chi connectivity index (χ0v) is 12.0. The molecule has 0 N–H and O–H groups in total. The van der Waals surface area contributed by atoms with E-state index in [0.29, 0.717) is 24.4 Å². The highest BCUT2D eigenvalue weighted by atomic mass is 16.5. The van der Waals surface area contributed by atoms with E-state index in [9.17, 15) is 0 Å². The van der Waals surface area contributed by atoms with Gasteiger partial charge in [-0.2, -0.15) is 0 Å². The van der Waals surface area contributed by atoms with Crippen molar-refractivity contribution < 1.29 is 9.47 Å². The van der Waals surface area contributed by atoms with Crippen molar-refractivity contribution in [2.45, 2.75) is 91.6 Å². The molecule has 2 heteroatoms. The molecule has 0 radical (unpaired) electrons. The predicted octanol–water partition coefficient (Wildman–Crippen LogP) is 4.17. The van der Waals surface area contributed by atoms with E-state index in [-0.39, 0.29) is 0 Å². The molecule has 0 aromatic heterocycles. The Balaban J connectivity index is 3.81. The third kappa shape index (κ3) is 9.17. The lowest BCUT2D eigenvalue weighted by molar-refractivity contribution is -0.0256. The molecule has 0 saturated carbocycles. The SMILES string of the molecule is CCCC(CCC(C)OC(C)C)OC(C)C. The molecule has 0 amide bonds. The highest BCUT2D eigenvalue weighted by molar-refractivity contribution is 4.63. The molecule has 0 fully saturated rings. The lowest BCUT2D eigenvalue weighted by atomic mass is 10.1. The molecule has 2 atom stereocenters. The average molecular weight is 230 g/mol. The van der Waals surface area contributed by atoms with E-state index >= 15 is 0 Å². The van der Waals surface area contributed by atoms with E-state index in [1.54, 1.807) is 0 Å². The highest BCUT2D eigenvalue weighted by Crippen LogP contribution is 2.15. The fraction of sp³-hybridized carbons (Fsp3) is 1.00. The van der Waals surface area contributed by atoms with Crippen LogP contribution >= 0.6 is 0 Å². The first-order valence-electron chi connectivity index (χ1n) is 6.76. The second-order valence-electron chi connectivity index (χ2n) is 5.17. The summed E-state index contributed by atoms with van der Waals surface area (Å²) >= 11 is 0. The van der Waals surface area contributed by atoms with Crippen molar-refractivity contribution in [3.63, 3.8) is 0 Å². The van der Waals surface area contributed by atoms with Gasteiger partial charge < -0.3 is 9.47 Å². The Morgan fingerprint density at radius 1 is 0.750 bits per heavy atom. The fourth-order valence-electron chi connectivity index (χ4n) is 1.94. The van der Waals surface area contributed by atoms with E-state index in [1.807, 2.05) is 0 Å². The molecular formula is C14H30O2. The predicted molar refractivity (Wildman–Crippen MR) is 69.8 cm³/mol. The molecule has 16 heavy (non-hydrogen) atoms. The van der Waals surface area contributed by atoms with Crippen molar-refractivity contribution in [1.82, 2.24) is 0 Å². The van der Waals surface area contributed by atoms with Crippen LogP contribution in [-0.4, -0.2) is 24.4 Å². The molecule has 0 aromatic carbocycles. The number of hydrogen-bond donors (Lipinski definition) is 0. The summed E-state index contributed by atoms with van der Waals surface area (Å²) in [6, 6.07) is 0. The van der Waals surface area contributed by atoms with Gasteiger partial charge in [-0.1, -0.05) is 13.3 Å². The molecule has 0 aliphatic rings. The van der Waals surface area contributed by atoms with E-state index < -0.39 is 0 Å². The summed E-state index contributed by atoms with van der Waals surface area (Å²) in [4.78, 5) is 0. The van der Waals surface area contributed by atoms with Crippen LogP contribution in [0.1, 0.15) is 67.2 Å². The molecular weight excluding hydrogens is 200 g/mol. The van der Waals surface area contributed by atoms with Gasteiger partial charge in [0.05, 0.1) is 24.4 Å². The van der Waals surface area contributed by atoms with Gasteiger partial charge in [0, 0.05) is 0 Å². The number of ether oxygens (including phenoxy) is 2. The Morgan fingerprint density at radius 2 is 1.31 bits per heavy atom. The van der Waals surface area contributed by atoms with Crippen LogP contribution in [0.3, 0.4) is 0 Å². The van der Waals surface area contributed by atoms with E-state index in [0.717, 1.165) is 19.3 Å². The first-order valence-corrected chi connectivity index (χ1v) is 6.76. The van der Waals surface area contributed by atoms with Crippen LogP contribution < -0.4 is 0 Å². The monoisotopic (exact) mass is 230 g/mol. The van der Waals surface area contributed by atoms with Crippen LogP contribution in [0.5, 0.6) is 0 Å². The lowest BCUT2D eigenvalue weighted by Crippen LogP contribution is -2.21. The van der Waals surface area contributed by atoms with Gasteiger partial charge >= 0.3 is 0 Å². The quantitative estimate of drug-likeness (QED) is 0.592. The zero-order valence-electron chi connectivity index (χ0n) is 12.0. The van der Waals surface area contributed by atoms with E-state index in [2.05, 4.69) is 41.5 Å². The Hall–Kier alpha value is -0.0800. The summed E-state index contributed by atoms with van der Waals surface area (Å²) in [6.45, 7) is 12.8. The summed E-state index contributed by atoms with van der Waals surface area (Å²) in [5.74, 6) is 0. The van der Waals surface area contributed by atoms with Crippen molar-refractivity contribution in [2.75, 3.05) is 0 Å². The standard InChI is InChI=1S/C14H30O2/c1-7-8-14(16-12(4)5)10-9-13(6)15-11(2)3/h11-14H,7-10H2,1-6H3. The molecule has 0 aliphatic carbocycles. The fourth-order valence-corrected chi connectivity index (χ4v) is 1.94. The van der Waals surface area contributed by atoms with Gasteiger partial charge in [0.2, 0.25) is 0 Å². The van der Waals surface area contributed by atoms with Crippen molar-refractivity contribution in [2.24, 2.45) is 0 Å². The maximum atomic E-state index is 5.89. The van der Waals surface area contributed by atoms with Crippen LogP contribution in [0.25, 0.3) is 0 Å². The third-order valence-electron chi connectivity index (χ3n) is 2.47. The second-order valence-corrected chi connectivity index (χ2v) is 5.17. The molecule has 0 spiro atoms. The zero-order chi connectivity index (χ0) is 12.6. The van der Waals surface area contributed by atoms with Gasteiger partial charge in [-0.25, -0.2) is 0 Å². The third-order valence-corrected chi connectivity index (χ3v) is 2.47. The van der Waals surface area contributed by atoms with Gasteiger partial charge in [-0.05, 0) is 53.9 Å². The second kappa shape index (κ2) is 9.00. The van der Waals surface area contributed by atoms with Crippen LogP contribution in [-0.2, 0) is 9.47 Å². The molecule has 0 heterocycles. The van der Waals surface area contributed by atoms with Crippen molar-refractivity contribution in [1.29, 1.82) is 0 Å². The van der Waals surface area contributed by atoms with E-state index in [4.69, 9.17) is 9.47 Å². The highest BCUT2D eigenvalue weighted by Gasteiger charge is 2.13. The first-order chi connectivity index (χ1) is 7.45. The minimum atomic E-state index is 0.325. The van der Waals surface area contributed by atoms with Gasteiger partial charge in [0.15, 0.2) is 0 Å². The minimum absolute atomic E-state index is 0.325. The number of hydrogen-bond acceptors (Lipinski definition) is 2. The van der Waals surface area contributed by atoms with Crippen LogP contribution in [0.4, 0.5) is 0 Å². The van der Waals surface area contributed by atoms with Gasteiger partial charge in [-0.15, -0.1) is 0 Å². The molecule has 0 saturated heterocycles. The summed E-state index contributed by atoms with van der Waals surface area (Å²) in [5.41, 5.74) is 0. The summed E-state index contributed by atoms with van der Waals surface area (Å²) in [6.07, 6.45) is 5.96. The molecule has 2 nitrogen and oxygen atoms in total. The van der Waals surface area contributed by atoms with Crippen LogP contribution in [0.2, 0.25) is 0 Å². The Bertz CT molecular complexity index is 155. The maximum Gasteiger partial charge on any atom is 0.0579 e. The van der Waals surface area contributed by atoms with Crippen molar-refractivity contribution in [3.8, 4) is 0 Å². The summed E-state index contributed by atoms with van der Waals surface area (Å²) < 4.78 is 11.6. The summed E-state index contributed by atoms with van der Waals surface area (Å²) in [7, 11) is 0. The normalized spacial score (nSPS) is 15.8. The molecule has 98 valence electrons. The maximum absolute atomic E-state index is 5.89. The molecule has 0 bridgehead atoms. The van der Waals surface area contributed by atoms with Crippen LogP contribution in [0, 0.1) is 0 Å². The topological polar surface area (TPSA) is 18.5 Å². The Morgan fingerprint density at radius 3 is 1.75 bits per heavy atom. The first kappa shape index (κ1) is 15.9. The Kier molecular flexibility index (Phi) is 8.96. The largest absolute Gasteiger partial charge is 0.376 e. The molecule has 0 aromatic rings. The van der Waals surface area contributed by atoms with Crippen LogP contribution in [0.15, 0.2) is 0 Å². The Labute approximate surface area is 102 Å². The van der Waals surface area contributed by atoms with Crippen molar-refractivity contribution in [3.05, 3.63) is 0 Å². The van der Waals surface area contributed by atoms with E-state index in [1.165, 1.54) is 6.42 Å². The lowest BCUT2D eigenvalue weighted by Gasteiger charge is -2.22. The molecule has 0 rings (SSSR count). The average Bonchev–Trinajstić information content (AvgIpc) is 2.12. The van der Waals surface area contributed by atoms with Gasteiger partial charge in [-0.3, -0.25) is 0 Å². The number of rotatable bonds is 9.